The number of nitrogens with one attached hydrogen (secondary N) is 2. The SMILES string of the molecule is COc1ncccc1-c1cccc(-c2nc3ccc(C(=O)NCC[C@@H]4CCCN4C)cc3[nH]2)c1O. The van der Waals surface area contributed by atoms with E-state index in [1.165, 1.54) is 12.8 Å². The fourth-order valence-electron chi connectivity index (χ4n) is 4.79. The number of benzene rings is 2. The van der Waals surface area contributed by atoms with Crippen molar-refractivity contribution in [1.29, 1.82) is 0 Å². The summed E-state index contributed by atoms with van der Waals surface area (Å²) in [5, 5.41) is 14.1. The van der Waals surface area contributed by atoms with Crippen LogP contribution in [0.3, 0.4) is 0 Å². The zero-order valence-corrected chi connectivity index (χ0v) is 19.9. The number of nitrogens with zero attached hydrogens (tertiary/aromatic N) is 3. The molecule has 0 bridgehead atoms. The second-order valence-electron chi connectivity index (χ2n) is 8.90. The standard InChI is InChI=1S/C27H29N5O3/c1-32-15-5-6-18(32)12-14-28-26(34)17-10-11-22-23(16-17)31-25(30-22)21-8-3-7-19(24(21)33)20-9-4-13-29-27(20)35-2/h3-4,7-11,13,16,18,33H,5-6,12,14-15H2,1-2H3,(H,28,34)(H,30,31)/t18-/m0/s1. The van der Waals surface area contributed by atoms with Gasteiger partial charge in [-0.25, -0.2) is 9.97 Å². The van der Waals surface area contributed by atoms with Gasteiger partial charge in [-0.2, -0.15) is 0 Å². The molecular formula is C27H29N5O3. The first kappa shape index (κ1) is 22.9. The van der Waals surface area contributed by atoms with E-state index in [2.05, 4.69) is 32.2 Å². The molecule has 3 heterocycles. The predicted molar refractivity (Wildman–Crippen MR) is 136 cm³/mol. The summed E-state index contributed by atoms with van der Waals surface area (Å²) in [6, 6.07) is 15.0. The topological polar surface area (TPSA) is 103 Å². The summed E-state index contributed by atoms with van der Waals surface area (Å²) in [6.07, 6.45) is 5.01. The minimum absolute atomic E-state index is 0.0766. The number of methoxy groups -OCH3 is 1. The van der Waals surface area contributed by atoms with E-state index >= 15 is 0 Å². The number of fused-ring (bicyclic) bond motifs is 1. The third-order valence-corrected chi connectivity index (χ3v) is 6.72. The van der Waals surface area contributed by atoms with Crippen LogP contribution in [0.5, 0.6) is 11.6 Å². The van der Waals surface area contributed by atoms with Gasteiger partial charge >= 0.3 is 0 Å². The molecular weight excluding hydrogens is 442 g/mol. The quantitative estimate of drug-likeness (QED) is 0.373. The number of hydrogen-bond acceptors (Lipinski definition) is 6. The number of likely N-dealkylation sites (tertiary alicyclic amines) is 1. The van der Waals surface area contributed by atoms with E-state index in [0.717, 1.165) is 18.5 Å². The zero-order chi connectivity index (χ0) is 24.4. The Morgan fingerprint density at radius 3 is 2.83 bits per heavy atom. The highest BCUT2D eigenvalue weighted by Gasteiger charge is 2.21. The van der Waals surface area contributed by atoms with Gasteiger partial charge in [0.15, 0.2) is 0 Å². The van der Waals surface area contributed by atoms with Crippen molar-refractivity contribution in [3.8, 4) is 34.1 Å². The number of aromatic hydroxyl groups is 1. The van der Waals surface area contributed by atoms with Crippen molar-refractivity contribution < 1.29 is 14.6 Å². The first-order chi connectivity index (χ1) is 17.0. The summed E-state index contributed by atoms with van der Waals surface area (Å²) in [5.74, 6) is 0.925. The number of imidazole rings is 1. The number of ether oxygens (including phenoxy) is 1. The van der Waals surface area contributed by atoms with Gasteiger partial charge in [0.05, 0.1) is 23.7 Å². The predicted octanol–water partition coefficient (Wildman–Crippen LogP) is 4.22. The number of pyridine rings is 1. The maximum atomic E-state index is 12.7. The van der Waals surface area contributed by atoms with Crippen LogP contribution in [0.2, 0.25) is 0 Å². The van der Waals surface area contributed by atoms with Gasteiger partial charge in [0.25, 0.3) is 5.91 Å². The van der Waals surface area contributed by atoms with Gasteiger partial charge in [-0.15, -0.1) is 0 Å². The minimum atomic E-state index is -0.0998. The molecule has 1 amide bonds. The molecule has 0 saturated carbocycles. The summed E-state index contributed by atoms with van der Waals surface area (Å²) in [7, 11) is 3.69. The van der Waals surface area contributed by atoms with E-state index < -0.39 is 0 Å². The second-order valence-corrected chi connectivity index (χ2v) is 8.90. The summed E-state index contributed by atoms with van der Waals surface area (Å²) in [5.41, 5.74) is 3.86. The second kappa shape index (κ2) is 9.76. The van der Waals surface area contributed by atoms with Crippen molar-refractivity contribution in [3.63, 3.8) is 0 Å². The van der Waals surface area contributed by atoms with Gasteiger partial charge < -0.3 is 25.0 Å². The summed E-state index contributed by atoms with van der Waals surface area (Å²) >= 11 is 0. The molecule has 0 radical (unpaired) electrons. The molecule has 3 N–H and O–H groups in total. The normalized spacial score (nSPS) is 16.0. The van der Waals surface area contributed by atoms with Gasteiger partial charge in [-0.3, -0.25) is 4.79 Å². The summed E-state index contributed by atoms with van der Waals surface area (Å²) < 4.78 is 5.36. The fourth-order valence-corrected chi connectivity index (χ4v) is 4.79. The molecule has 1 aliphatic rings. The van der Waals surface area contributed by atoms with Crippen molar-refractivity contribution in [1.82, 2.24) is 25.2 Å². The Bertz CT molecular complexity index is 1370. The molecule has 1 atom stereocenters. The molecule has 1 fully saturated rings. The molecule has 0 unspecified atom stereocenters. The van der Waals surface area contributed by atoms with Crippen molar-refractivity contribution in [2.45, 2.75) is 25.3 Å². The number of aromatic nitrogens is 3. The van der Waals surface area contributed by atoms with E-state index in [0.29, 0.717) is 52.1 Å². The molecule has 1 aliphatic heterocycles. The Balaban J connectivity index is 1.37. The molecule has 4 aromatic rings. The number of amides is 1. The van der Waals surface area contributed by atoms with Crippen molar-refractivity contribution in [2.75, 3.05) is 27.2 Å². The smallest absolute Gasteiger partial charge is 0.251 e. The molecule has 8 nitrogen and oxygen atoms in total. The Morgan fingerprint density at radius 2 is 2.03 bits per heavy atom. The van der Waals surface area contributed by atoms with Crippen LogP contribution in [0, 0.1) is 0 Å². The lowest BCUT2D eigenvalue weighted by Gasteiger charge is -2.19. The number of carbonyl (C=O) groups excluding carboxylic acids is 1. The molecule has 0 aliphatic carbocycles. The van der Waals surface area contributed by atoms with Crippen LogP contribution in [0.1, 0.15) is 29.6 Å². The van der Waals surface area contributed by atoms with Crippen LogP contribution in [-0.2, 0) is 0 Å². The summed E-state index contributed by atoms with van der Waals surface area (Å²) in [6.45, 7) is 1.78. The van der Waals surface area contributed by atoms with Gasteiger partial charge in [0.2, 0.25) is 5.88 Å². The Morgan fingerprint density at radius 1 is 1.20 bits per heavy atom. The average molecular weight is 472 g/mol. The van der Waals surface area contributed by atoms with Crippen molar-refractivity contribution in [3.05, 3.63) is 60.3 Å². The maximum Gasteiger partial charge on any atom is 0.251 e. The van der Waals surface area contributed by atoms with Crippen molar-refractivity contribution in [2.24, 2.45) is 0 Å². The zero-order valence-electron chi connectivity index (χ0n) is 19.9. The molecule has 2 aromatic carbocycles. The third-order valence-electron chi connectivity index (χ3n) is 6.72. The van der Waals surface area contributed by atoms with Gasteiger partial charge in [-0.05, 0) is 69.3 Å². The van der Waals surface area contributed by atoms with E-state index in [4.69, 9.17) is 4.74 Å². The number of aromatic amines is 1. The Kier molecular flexibility index (Phi) is 6.37. The number of para-hydroxylation sites is 1. The van der Waals surface area contributed by atoms with Crippen LogP contribution in [-0.4, -0.2) is 64.2 Å². The van der Waals surface area contributed by atoms with E-state index in [-0.39, 0.29) is 11.7 Å². The van der Waals surface area contributed by atoms with Gasteiger partial charge in [0.1, 0.15) is 11.6 Å². The Hall–Kier alpha value is -3.91. The van der Waals surface area contributed by atoms with Crippen LogP contribution >= 0.6 is 0 Å². The number of hydrogen-bond donors (Lipinski definition) is 3. The number of carbonyl (C=O) groups is 1. The molecule has 180 valence electrons. The monoisotopic (exact) mass is 471 g/mol. The lowest BCUT2D eigenvalue weighted by molar-refractivity contribution is 0.0950. The maximum absolute atomic E-state index is 12.7. The Labute approximate surface area is 204 Å². The van der Waals surface area contributed by atoms with E-state index in [1.54, 1.807) is 37.6 Å². The molecule has 0 spiro atoms. The first-order valence-corrected chi connectivity index (χ1v) is 11.8. The van der Waals surface area contributed by atoms with Gasteiger partial charge in [-0.1, -0.05) is 12.1 Å². The average Bonchev–Trinajstić information content (AvgIpc) is 3.49. The largest absolute Gasteiger partial charge is 0.507 e. The number of phenols is 1. The molecule has 1 saturated heterocycles. The van der Waals surface area contributed by atoms with Gasteiger partial charge in [0, 0.05) is 35.5 Å². The highest BCUT2D eigenvalue weighted by atomic mass is 16.5. The van der Waals surface area contributed by atoms with E-state index in [9.17, 15) is 9.90 Å². The first-order valence-electron chi connectivity index (χ1n) is 11.8. The van der Waals surface area contributed by atoms with Crippen LogP contribution in [0.4, 0.5) is 0 Å². The summed E-state index contributed by atoms with van der Waals surface area (Å²) in [4.78, 5) is 27.2. The third kappa shape index (κ3) is 4.57. The van der Waals surface area contributed by atoms with Crippen LogP contribution in [0.15, 0.2) is 54.7 Å². The number of H-pyrrole nitrogens is 1. The van der Waals surface area contributed by atoms with Crippen molar-refractivity contribution >= 4 is 16.9 Å². The lowest BCUT2D eigenvalue weighted by Crippen LogP contribution is -2.31. The molecule has 35 heavy (non-hydrogen) atoms. The number of phenolic OH excluding ortho intramolecular Hbond substituents is 1. The lowest BCUT2D eigenvalue weighted by atomic mass is 10.0. The number of rotatable bonds is 7. The highest BCUT2D eigenvalue weighted by Crippen LogP contribution is 2.40. The molecule has 2 aromatic heterocycles. The van der Waals surface area contributed by atoms with E-state index in [1.807, 2.05) is 24.3 Å². The van der Waals surface area contributed by atoms with Crippen LogP contribution in [0.25, 0.3) is 33.5 Å². The van der Waals surface area contributed by atoms with Crippen LogP contribution < -0.4 is 10.1 Å². The minimum Gasteiger partial charge on any atom is -0.507 e. The fraction of sp³-hybridized carbons (Fsp3) is 0.296. The highest BCUT2D eigenvalue weighted by molar-refractivity contribution is 5.98. The molecule has 8 heteroatoms. The molecule has 5 rings (SSSR count).